The van der Waals surface area contributed by atoms with Crippen molar-refractivity contribution in [3.05, 3.63) is 23.9 Å². The molecular formula is C14H19N3O3. The molecule has 3 N–H and O–H groups in total. The predicted octanol–water partition coefficient (Wildman–Crippen LogP) is 0.785. The number of hydrogen-bond donors (Lipinski definition) is 2. The monoisotopic (exact) mass is 277 g/mol. The van der Waals surface area contributed by atoms with Crippen LogP contribution in [0.2, 0.25) is 0 Å². The quantitative estimate of drug-likeness (QED) is 0.791. The number of rotatable bonds is 4. The highest BCUT2D eigenvalue weighted by Gasteiger charge is 2.52. The van der Waals surface area contributed by atoms with Crippen LogP contribution >= 0.6 is 0 Å². The summed E-state index contributed by atoms with van der Waals surface area (Å²) >= 11 is 0. The normalized spacial score (nSPS) is 31.3. The molecule has 4 atom stereocenters. The van der Waals surface area contributed by atoms with Crippen LogP contribution in [0.3, 0.4) is 0 Å². The van der Waals surface area contributed by atoms with Gasteiger partial charge in [-0.05, 0) is 25.5 Å². The van der Waals surface area contributed by atoms with Gasteiger partial charge in [-0.2, -0.15) is 0 Å². The van der Waals surface area contributed by atoms with Crippen molar-refractivity contribution in [3.63, 3.8) is 0 Å². The number of nitrogens with zero attached hydrogens (tertiary/aromatic N) is 1. The largest absolute Gasteiger partial charge is 0.462 e. The Morgan fingerprint density at radius 3 is 3.30 bits per heavy atom. The molecule has 4 unspecified atom stereocenters. The summed E-state index contributed by atoms with van der Waals surface area (Å²) in [5, 5.41) is 3.25. The summed E-state index contributed by atoms with van der Waals surface area (Å²) in [7, 11) is 0. The Morgan fingerprint density at radius 1 is 1.65 bits per heavy atom. The molecule has 3 rings (SSSR count). The molecule has 2 aliphatic rings. The third kappa shape index (κ3) is 2.14. The van der Waals surface area contributed by atoms with Crippen molar-refractivity contribution in [2.45, 2.75) is 31.5 Å². The fraction of sp³-hybridized carbons (Fsp3) is 0.571. The zero-order valence-electron chi connectivity index (χ0n) is 11.4. The number of carbonyl (C=O) groups is 1. The molecule has 108 valence electrons. The molecule has 2 fully saturated rings. The fourth-order valence-corrected chi connectivity index (χ4v) is 2.98. The standard InChI is InChI=1S/C14H19N3O3/c1-2-19-14(18)9-4-3-6-16-13(9)17-11-10(15)8-5-7-20-12(8)11/h3-4,6,8,10-12H,2,5,7,15H2,1H3,(H,16,17). The molecule has 6 heteroatoms. The molecule has 0 amide bonds. The van der Waals surface area contributed by atoms with Crippen molar-refractivity contribution in [2.75, 3.05) is 18.5 Å². The minimum atomic E-state index is -0.375. The topological polar surface area (TPSA) is 86.5 Å². The van der Waals surface area contributed by atoms with Crippen LogP contribution in [0.25, 0.3) is 0 Å². The lowest BCUT2D eigenvalue weighted by molar-refractivity contribution is 0.00515. The summed E-state index contributed by atoms with van der Waals surface area (Å²) in [6.45, 7) is 2.87. The minimum absolute atomic E-state index is 0.00516. The number of aromatic nitrogens is 1. The molecule has 0 radical (unpaired) electrons. The zero-order valence-corrected chi connectivity index (χ0v) is 11.4. The third-order valence-electron chi connectivity index (χ3n) is 4.05. The second kappa shape index (κ2) is 5.38. The Hall–Kier alpha value is -1.66. The average Bonchev–Trinajstić information content (AvgIpc) is 2.90. The van der Waals surface area contributed by atoms with E-state index in [0.29, 0.717) is 23.9 Å². The van der Waals surface area contributed by atoms with E-state index in [4.69, 9.17) is 15.2 Å². The van der Waals surface area contributed by atoms with Crippen molar-refractivity contribution in [2.24, 2.45) is 11.7 Å². The SMILES string of the molecule is CCOC(=O)c1cccnc1NC1C(N)C2CCOC21. The molecule has 20 heavy (non-hydrogen) atoms. The second-order valence-electron chi connectivity index (χ2n) is 5.16. The van der Waals surface area contributed by atoms with Gasteiger partial charge in [0.25, 0.3) is 0 Å². The molecule has 1 aliphatic heterocycles. The molecule has 0 aromatic carbocycles. The van der Waals surface area contributed by atoms with Crippen molar-refractivity contribution < 1.29 is 14.3 Å². The van der Waals surface area contributed by atoms with Crippen molar-refractivity contribution in [1.29, 1.82) is 0 Å². The van der Waals surface area contributed by atoms with Crippen molar-refractivity contribution >= 4 is 11.8 Å². The molecule has 1 aromatic heterocycles. The van der Waals surface area contributed by atoms with E-state index in [1.807, 2.05) is 0 Å². The lowest BCUT2D eigenvalue weighted by atomic mass is 9.72. The van der Waals surface area contributed by atoms with Gasteiger partial charge >= 0.3 is 5.97 Å². The van der Waals surface area contributed by atoms with E-state index in [2.05, 4.69) is 10.3 Å². The summed E-state index contributed by atoms with van der Waals surface area (Å²) in [4.78, 5) is 16.1. The van der Waals surface area contributed by atoms with Gasteiger partial charge in [0.05, 0.1) is 18.8 Å². The van der Waals surface area contributed by atoms with Crippen molar-refractivity contribution in [3.8, 4) is 0 Å². The maximum atomic E-state index is 11.9. The molecule has 1 saturated carbocycles. The zero-order chi connectivity index (χ0) is 14.1. The average molecular weight is 277 g/mol. The number of pyridine rings is 1. The second-order valence-corrected chi connectivity index (χ2v) is 5.16. The van der Waals surface area contributed by atoms with Crippen LogP contribution in [0, 0.1) is 5.92 Å². The Kier molecular flexibility index (Phi) is 3.58. The minimum Gasteiger partial charge on any atom is -0.462 e. The summed E-state index contributed by atoms with van der Waals surface area (Å²) in [6.07, 6.45) is 2.78. The summed E-state index contributed by atoms with van der Waals surface area (Å²) < 4.78 is 10.7. The van der Waals surface area contributed by atoms with E-state index in [-0.39, 0.29) is 24.2 Å². The molecule has 1 saturated heterocycles. The highest BCUT2D eigenvalue weighted by atomic mass is 16.5. The first-order valence-corrected chi connectivity index (χ1v) is 6.98. The molecular weight excluding hydrogens is 258 g/mol. The number of hydrogen-bond acceptors (Lipinski definition) is 6. The van der Waals surface area contributed by atoms with Crippen LogP contribution in [0.4, 0.5) is 5.82 Å². The molecule has 0 bridgehead atoms. The van der Waals surface area contributed by atoms with Gasteiger partial charge in [-0.25, -0.2) is 9.78 Å². The van der Waals surface area contributed by atoms with E-state index in [1.54, 1.807) is 25.3 Å². The van der Waals surface area contributed by atoms with Gasteiger partial charge in [0.2, 0.25) is 0 Å². The molecule has 1 aromatic rings. The van der Waals surface area contributed by atoms with E-state index >= 15 is 0 Å². The smallest absolute Gasteiger partial charge is 0.341 e. The van der Waals surface area contributed by atoms with Crippen molar-refractivity contribution in [1.82, 2.24) is 4.98 Å². The molecule has 6 nitrogen and oxygen atoms in total. The van der Waals surface area contributed by atoms with Gasteiger partial charge in [0.15, 0.2) is 0 Å². The van der Waals surface area contributed by atoms with E-state index in [0.717, 1.165) is 13.0 Å². The molecule has 2 heterocycles. The summed E-state index contributed by atoms with van der Waals surface area (Å²) in [5.74, 6) is 0.558. The van der Waals surface area contributed by atoms with Crippen LogP contribution < -0.4 is 11.1 Å². The van der Waals surface area contributed by atoms with Crippen LogP contribution in [0.15, 0.2) is 18.3 Å². The Balaban J connectivity index is 1.76. The molecule has 0 spiro atoms. The van der Waals surface area contributed by atoms with E-state index in [9.17, 15) is 4.79 Å². The van der Waals surface area contributed by atoms with E-state index in [1.165, 1.54) is 0 Å². The first kappa shape index (κ1) is 13.3. The number of ether oxygens (including phenoxy) is 2. The van der Waals surface area contributed by atoms with Gasteiger partial charge in [-0.15, -0.1) is 0 Å². The lowest BCUT2D eigenvalue weighted by Gasteiger charge is -2.46. The Bertz CT molecular complexity index is 508. The van der Waals surface area contributed by atoms with Crippen LogP contribution in [-0.4, -0.2) is 42.4 Å². The molecule has 1 aliphatic carbocycles. The number of carbonyl (C=O) groups excluding carboxylic acids is 1. The first-order valence-electron chi connectivity index (χ1n) is 6.98. The highest BCUT2D eigenvalue weighted by Crippen LogP contribution is 2.39. The Labute approximate surface area is 117 Å². The van der Waals surface area contributed by atoms with Crippen LogP contribution in [-0.2, 0) is 9.47 Å². The number of fused-ring (bicyclic) bond motifs is 1. The fourth-order valence-electron chi connectivity index (χ4n) is 2.98. The number of anilines is 1. The Morgan fingerprint density at radius 2 is 2.50 bits per heavy atom. The maximum absolute atomic E-state index is 11.9. The number of esters is 1. The summed E-state index contributed by atoms with van der Waals surface area (Å²) in [6, 6.07) is 3.46. The highest BCUT2D eigenvalue weighted by molar-refractivity contribution is 5.94. The maximum Gasteiger partial charge on any atom is 0.341 e. The first-order chi connectivity index (χ1) is 9.72. The van der Waals surface area contributed by atoms with Gasteiger partial charge < -0.3 is 20.5 Å². The van der Waals surface area contributed by atoms with Crippen LogP contribution in [0.1, 0.15) is 23.7 Å². The predicted molar refractivity (Wildman–Crippen MR) is 73.4 cm³/mol. The van der Waals surface area contributed by atoms with Gasteiger partial charge in [0, 0.05) is 24.8 Å². The third-order valence-corrected chi connectivity index (χ3v) is 4.05. The van der Waals surface area contributed by atoms with Gasteiger partial charge in [-0.3, -0.25) is 0 Å². The number of nitrogens with two attached hydrogens (primary N) is 1. The van der Waals surface area contributed by atoms with Crippen LogP contribution in [0.5, 0.6) is 0 Å². The van der Waals surface area contributed by atoms with E-state index < -0.39 is 0 Å². The summed E-state index contributed by atoms with van der Waals surface area (Å²) in [5.41, 5.74) is 6.59. The van der Waals surface area contributed by atoms with Gasteiger partial charge in [0.1, 0.15) is 11.4 Å². The number of nitrogens with one attached hydrogen (secondary N) is 1. The lowest BCUT2D eigenvalue weighted by Crippen LogP contribution is -2.65. The van der Waals surface area contributed by atoms with Gasteiger partial charge in [-0.1, -0.05) is 0 Å².